The number of carbonyl (C=O) groups is 1. The second-order valence-corrected chi connectivity index (χ2v) is 10.2. The van der Waals surface area contributed by atoms with Crippen molar-refractivity contribution in [3.63, 3.8) is 0 Å². The normalized spacial score (nSPS) is 21.7. The third-order valence-electron chi connectivity index (χ3n) is 6.60. The smallest absolute Gasteiger partial charge is 0.350 e. The number of piperazine rings is 1. The van der Waals surface area contributed by atoms with Crippen LogP contribution < -0.4 is 5.32 Å². The first-order valence-corrected chi connectivity index (χ1v) is 12.4. The van der Waals surface area contributed by atoms with E-state index in [1.54, 1.807) is 11.9 Å². The summed E-state index contributed by atoms with van der Waals surface area (Å²) in [6.45, 7) is 6.62. The van der Waals surface area contributed by atoms with Gasteiger partial charge in [-0.05, 0) is 38.3 Å². The first kappa shape index (κ1) is 26.2. The van der Waals surface area contributed by atoms with Gasteiger partial charge in [0, 0.05) is 56.9 Å². The van der Waals surface area contributed by atoms with Crippen LogP contribution in [0.4, 0.5) is 22.0 Å². The molecule has 4 nitrogen and oxygen atoms in total. The highest BCUT2D eigenvalue weighted by molar-refractivity contribution is 7.97. The first-order chi connectivity index (χ1) is 15.5. The van der Waals surface area contributed by atoms with E-state index in [0.717, 1.165) is 31.3 Å². The zero-order valence-corrected chi connectivity index (χ0v) is 19.9. The number of aryl methyl sites for hydroxylation is 1. The molecule has 1 aliphatic heterocycles. The van der Waals surface area contributed by atoms with Crippen molar-refractivity contribution in [1.29, 1.82) is 0 Å². The van der Waals surface area contributed by atoms with E-state index in [4.69, 9.17) is 0 Å². The molecule has 0 spiro atoms. The van der Waals surface area contributed by atoms with Crippen LogP contribution in [0.5, 0.6) is 0 Å². The number of amides is 1. The Hall–Kier alpha value is -1.39. The molecule has 1 heterocycles. The van der Waals surface area contributed by atoms with Crippen LogP contribution in [0, 0.1) is 6.92 Å². The molecular formula is C23H32F5N3OS. The first-order valence-electron chi connectivity index (χ1n) is 11.4. The third kappa shape index (κ3) is 6.60. The molecule has 1 aliphatic carbocycles. The van der Waals surface area contributed by atoms with Crippen molar-refractivity contribution < 1.29 is 26.7 Å². The van der Waals surface area contributed by atoms with E-state index >= 15 is 0 Å². The maximum absolute atomic E-state index is 14.0. The number of rotatable bonds is 7. The van der Waals surface area contributed by atoms with Crippen LogP contribution in [0.15, 0.2) is 18.2 Å². The minimum Gasteiger partial charge on any atom is -0.350 e. The number of halogens is 5. The second-order valence-electron chi connectivity index (χ2n) is 9.06. The molecule has 0 radical (unpaired) electrons. The molecule has 1 saturated heterocycles. The molecule has 0 atom stereocenters. The molecule has 1 amide bonds. The van der Waals surface area contributed by atoms with Gasteiger partial charge in [0.15, 0.2) is 0 Å². The van der Waals surface area contributed by atoms with Crippen molar-refractivity contribution in [2.45, 2.75) is 63.6 Å². The Labute approximate surface area is 196 Å². The molecule has 0 bridgehead atoms. The van der Waals surface area contributed by atoms with Gasteiger partial charge in [0.25, 0.3) is 5.91 Å². The lowest BCUT2D eigenvalue weighted by Gasteiger charge is -2.50. The molecule has 1 saturated carbocycles. The number of nitrogens with zero attached hydrogens (tertiary/aromatic N) is 2. The predicted octanol–water partition coefficient (Wildman–Crippen LogP) is 5.37. The fourth-order valence-corrected chi connectivity index (χ4v) is 5.49. The highest BCUT2D eigenvalue weighted by Gasteiger charge is 2.47. The number of alkyl halides is 5. The molecule has 1 aromatic carbocycles. The van der Waals surface area contributed by atoms with Crippen LogP contribution in [0.3, 0.4) is 0 Å². The fourth-order valence-electron chi connectivity index (χ4n) is 4.63. The topological polar surface area (TPSA) is 35.6 Å². The summed E-state index contributed by atoms with van der Waals surface area (Å²) >= 11 is 1.78. The minimum atomic E-state index is -4.66. The lowest BCUT2D eigenvalue weighted by atomic mass is 9.78. The highest BCUT2D eigenvalue weighted by atomic mass is 32.2. The van der Waals surface area contributed by atoms with Gasteiger partial charge in [-0.1, -0.05) is 30.5 Å². The fraction of sp³-hybridized carbons (Fsp3) is 0.696. The summed E-state index contributed by atoms with van der Waals surface area (Å²) in [7, 11) is 0. The molecule has 10 heteroatoms. The second kappa shape index (κ2) is 10.5. The van der Waals surface area contributed by atoms with E-state index in [-0.39, 0.29) is 32.2 Å². The minimum absolute atomic E-state index is 0.0508. The Morgan fingerprint density at radius 1 is 1.09 bits per heavy atom. The Balaban J connectivity index is 1.74. The Kier molecular flexibility index (Phi) is 8.32. The number of nitrogens with one attached hydrogen (secondary N) is 1. The predicted molar refractivity (Wildman–Crippen MR) is 121 cm³/mol. The molecule has 186 valence electrons. The average Bonchev–Trinajstić information content (AvgIpc) is 2.77. The summed E-state index contributed by atoms with van der Waals surface area (Å²) in [6, 6.07) is 3.60. The SMILES string of the molecule is CCCSN1CCN(C2(CNC(=O)c3ccc(C)cc3C(F)(F)F)CCC(F)(F)CC2)CC1. The molecule has 3 rings (SSSR count). The monoisotopic (exact) mass is 493 g/mol. The zero-order valence-electron chi connectivity index (χ0n) is 19.1. The van der Waals surface area contributed by atoms with E-state index < -0.39 is 34.7 Å². The third-order valence-corrected chi connectivity index (χ3v) is 7.92. The summed E-state index contributed by atoms with van der Waals surface area (Å²) in [5.74, 6) is -2.55. The lowest BCUT2D eigenvalue weighted by molar-refractivity contribution is -0.138. The van der Waals surface area contributed by atoms with Gasteiger partial charge in [-0.25, -0.2) is 13.1 Å². The van der Waals surface area contributed by atoms with Crippen LogP contribution in [0.2, 0.25) is 0 Å². The largest absolute Gasteiger partial charge is 0.417 e. The molecule has 33 heavy (non-hydrogen) atoms. The van der Waals surface area contributed by atoms with Crippen molar-refractivity contribution in [1.82, 2.24) is 14.5 Å². The van der Waals surface area contributed by atoms with Gasteiger partial charge in [-0.15, -0.1) is 0 Å². The summed E-state index contributed by atoms with van der Waals surface area (Å²) < 4.78 is 70.6. The van der Waals surface area contributed by atoms with E-state index in [9.17, 15) is 26.7 Å². The highest BCUT2D eigenvalue weighted by Crippen LogP contribution is 2.42. The molecule has 2 fully saturated rings. The number of carbonyl (C=O) groups excluding carboxylic acids is 1. The number of hydrogen-bond acceptors (Lipinski definition) is 4. The van der Waals surface area contributed by atoms with Crippen LogP contribution in [-0.4, -0.2) is 65.1 Å². The lowest BCUT2D eigenvalue weighted by Crippen LogP contribution is -2.62. The van der Waals surface area contributed by atoms with Crippen molar-refractivity contribution >= 4 is 17.9 Å². The molecule has 2 aliphatic rings. The van der Waals surface area contributed by atoms with Gasteiger partial charge in [0.05, 0.1) is 11.1 Å². The summed E-state index contributed by atoms with van der Waals surface area (Å²) in [5, 5.41) is 2.67. The quantitative estimate of drug-likeness (QED) is 0.409. The Morgan fingerprint density at radius 2 is 1.73 bits per heavy atom. The van der Waals surface area contributed by atoms with Crippen molar-refractivity contribution in [3.05, 3.63) is 34.9 Å². The number of benzene rings is 1. The van der Waals surface area contributed by atoms with Gasteiger partial charge < -0.3 is 5.32 Å². The van der Waals surface area contributed by atoms with E-state index in [0.29, 0.717) is 18.7 Å². The van der Waals surface area contributed by atoms with Crippen LogP contribution in [0.25, 0.3) is 0 Å². The average molecular weight is 494 g/mol. The van der Waals surface area contributed by atoms with Crippen LogP contribution >= 0.6 is 11.9 Å². The van der Waals surface area contributed by atoms with Crippen molar-refractivity contribution in [3.8, 4) is 0 Å². The van der Waals surface area contributed by atoms with Crippen molar-refractivity contribution in [2.75, 3.05) is 38.5 Å². The van der Waals surface area contributed by atoms with E-state index in [1.165, 1.54) is 19.1 Å². The van der Waals surface area contributed by atoms with Gasteiger partial charge >= 0.3 is 6.18 Å². The molecule has 0 aromatic heterocycles. The molecule has 0 unspecified atom stereocenters. The maximum atomic E-state index is 14.0. The van der Waals surface area contributed by atoms with Crippen LogP contribution in [0.1, 0.15) is 60.5 Å². The molecule has 1 aromatic rings. The van der Waals surface area contributed by atoms with Gasteiger partial charge in [0.1, 0.15) is 0 Å². The zero-order chi connectivity index (χ0) is 24.3. The summed E-state index contributed by atoms with van der Waals surface area (Å²) in [5.41, 5.74) is -1.69. The molecule has 1 N–H and O–H groups in total. The van der Waals surface area contributed by atoms with Gasteiger partial charge in [-0.2, -0.15) is 13.2 Å². The standard InChI is InChI=1S/C23H32F5N3OS/c1-3-14-33-31-12-10-30(11-13-31)21(6-8-22(24,25)9-7-21)16-29-20(32)18-5-4-17(2)15-19(18)23(26,27)28/h4-5,15H,3,6-14,16H2,1-2H3,(H,29,32). The summed E-state index contributed by atoms with van der Waals surface area (Å²) in [6.07, 6.45) is -3.77. The van der Waals surface area contributed by atoms with Crippen LogP contribution in [-0.2, 0) is 6.18 Å². The maximum Gasteiger partial charge on any atom is 0.417 e. The van der Waals surface area contributed by atoms with Gasteiger partial charge in [0.2, 0.25) is 5.92 Å². The van der Waals surface area contributed by atoms with E-state index in [1.807, 2.05) is 0 Å². The van der Waals surface area contributed by atoms with Gasteiger partial charge in [-0.3, -0.25) is 9.69 Å². The summed E-state index contributed by atoms with van der Waals surface area (Å²) in [4.78, 5) is 15.0. The van der Waals surface area contributed by atoms with E-state index in [2.05, 4.69) is 21.4 Å². The Bertz CT molecular complexity index is 815. The van der Waals surface area contributed by atoms with Crippen molar-refractivity contribution in [2.24, 2.45) is 0 Å². The Morgan fingerprint density at radius 3 is 2.30 bits per heavy atom. The number of hydrogen-bond donors (Lipinski definition) is 1. The molecular weight excluding hydrogens is 461 g/mol.